The molecule has 0 spiro atoms. The van der Waals surface area contributed by atoms with Gasteiger partial charge in [-0.3, -0.25) is 4.79 Å². The summed E-state index contributed by atoms with van der Waals surface area (Å²) >= 11 is 7.05. The Bertz CT molecular complexity index is 630. The van der Waals surface area contributed by atoms with Gasteiger partial charge in [-0.2, -0.15) is 11.8 Å². The molecule has 0 radical (unpaired) electrons. The third kappa shape index (κ3) is 3.71. The van der Waals surface area contributed by atoms with Gasteiger partial charge in [0.25, 0.3) is 5.91 Å². The molecule has 21 heavy (non-hydrogen) atoms. The van der Waals surface area contributed by atoms with E-state index in [1.54, 1.807) is 11.3 Å². The first kappa shape index (κ1) is 15.1. The molecule has 1 N–H and O–H groups in total. The summed E-state index contributed by atoms with van der Waals surface area (Å²) in [5, 5.41) is 3.86. The van der Waals surface area contributed by atoms with Gasteiger partial charge in [0.1, 0.15) is 0 Å². The van der Waals surface area contributed by atoms with E-state index in [1.807, 2.05) is 23.9 Å². The van der Waals surface area contributed by atoms with Crippen molar-refractivity contribution in [3.05, 3.63) is 56.8 Å². The summed E-state index contributed by atoms with van der Waals surface area (Å²) in [5.74, 6) is 2.27. The van der Waals surface area contributed by atoms with Crippen LogP contribution in [0, 0.1) is 0 Å². The fraction of sp³-hybridized carbons (Fsp3) is 0.312. The van der Waals surface area contributed by atoms with Gasteiger partial charge in [0.2, 0.25) is 0 Å². The van der Waals surface area contributed by atoms with Gasteiger partial charge < -0.3 is 5.32 Å². The highest BCUT2D eigenvalue weighted by Gasteiger charge is 2.17. The Kier molecular flexibility index (Phi) is 5.03. The fourth-order valence-electron chi connectivity index (χ4n) is 2.35. The molecule has 110 valence electrons. The van der Waals surface area contributed by atoms with Crippen molar-refractivity contribution in [1.82, 2.24) is 5.32 Å². The van der Waals surface area contributed by atoms with Crippen LogP contribution in [0.5, 0.6) is 0 Å². The Balaban J connectivity index is 1.64. The molecule has 0 bridgehead atoms. The van der Waals surface area contributed by atoms with Crippen LogP contribution in [0.1, 0.15) is 31.2 Å². The van der Waals surface area contributed by atoms with E-state index in [9.17, 15) is 4.79 Å². The number of alkyl halides is 1. The van der Waals surface area contributed by atoms with Crippen LogP contribution in [-0.4, -0.2) is 11.7 Å². The third-order valence-electron chi connectivity index (χ3n) is 3.45. The summed E-state index contributed by atoms with van der Waals surface area (Å²) < 4.78 is 0. The number of fused-ring (bicyclic) bond motifs is 1. The Morgan fingerprint density at radius 2 is 2.14 bits per heavy atom. The van der Waals surface area contributed by atoms with Crippen molar-refractivity contribution in [2.24, 2.45) is 0 Å². The van der Waals surface area contributed by atoms with Crippen molar-refractivity contribution in [1.29, 1.82) is 0 Å². The number of halogens is 1. The molecule has 1 aliphatic rings. The fourth-order valence-corrected chi connectivity index (χ4v) is 4.99. The molecule has 0 unspecified atom stereocenters. The van der Waals surface area contributed by atoms with Crippen molar-refractivity contribution in [2.75, 3.05) is 5.75 Å². The standard InChI is InChI=1S/C16H16BrNOS2/c17-8-11-2-1-3-12(6-11)9-18-16(19)15-7-13-10-20-5-4-14(13)21-15/h1-3,6-7H,4-5,8-10H2,(H,18,19). The molecule has 1 aromatic carbocycles. The zero-order chi connectivity index (χ0) is 14.7. The molecule has 0 saturated carbocycles. The van der Waals surface area contributed by atoms with Gasteiger partial charge in [-0.25, -0.2) is 0 Å². The topological polar surface area (TPSA) is 29.1 Å². The number of carbonyl (C=O) groups is 1. The lowest BCUT2D eigenvalue weighted by Crippen LogP contribution is -2.21. The number of aryl methyl sites for hydroxylation is 1. The minimum atomic E-state index is 0.0450. The van der Waals surface area contributed by atoms with E-state index in [1.165, 1.54) is 21.8 Å². The van der Waals surface area contributed by atoms with Crippen LogP contribution < -0.4 is 5.32 Å². The Morgan fingerprint density at radius 1 is 1.29 bits per heavy atom. The molecule has 0 saturated heterocycles. The van der Waals surface area contributed by atoms with E-state index in [0.717, 1.165) is 27.9 Å². The number of nitrogens with one attached hydrogen (secondary N) is 1. The summed E-state index contributed by atoms with van der Waals surface area (Å²) in [7, 11) is 0. The summed E-state index contributed by atoms with van der Waals surface area (Å²) in [6.07, 6.45) is 1.10. The zero-order valence-electron chi connectivity index (χ0n) is 11.5. The highest BCUT2D eigenvalue weighted by Crippen LogP contribution is 2.31. The number of hydrogen-bond acceptors (Lipinski definition) is 3. The molecule has 1 aliphatic heterocycles. The molecule has 0 aliphatic carbocycles. The van der Waals surface area contributed by atoms with E-state index in [0.29, 0.717) is 6.54 Å². The van der Waals surface area contributed by atoms with Gasteiger partial charge in [-0.15, -0.1) is 11.3 Å². The average molecular weight is 382 g/mol. The number of hydrogen-bond donors (Lipinski definition) is 1. The summed E-state index contributed by atoms with van der Waals surface area (Å²) in [5.41, 5.74) is 3.71. The second-order valence-corrected chi connectivity index (χ2v) is 7.80. The van der Waals surface area contributed by atoms with Crippen molar-refractivity contribution >= 4 is 44.9 Å². The molecular weight excluding hydrogens is 366 g/mol. The Hall–Kier alpha value is -0.780. The average Bonchev–Trinajstić information content (AvgIpc) is 2.97. The Morgan fingerprint density at radius 3 is 2.95 bits per heavy atom. The summed E-state index contributed by atoms with van der Waals surface area (Å²) in [6.45, 7) is 0.580. The monoisotopic (exact) mass is 381 g/mol. The molecule has 0 atom stereocenters. The lowest BCUT2D eigenvalue weighted by Gasteiger charge is -2.08. The van der Waals surface area contributed by atoms with Gasteiger partial charge in [0, 0.05) is 22.5 Å². The van der Waals surface area contributed by atoms with E-state index < -0.39 is 0 Å². The van der Waals surface area contributed by atoms with Crippen LogP contribution in [0.3, 0.4) is 0 Å². The maximum atomic E-state index is 12.3. The molecule has 0 fully saturated rings. The smallest absolute Gasteiger partial charge is 0.261 e. The largest absolute Gasteiger partial charge is 0.347 e. The van der Waals surface area contributed by atoms with Gasteiger partial charge in [-0.1, -0.05) is 40.2 Å². The normalized spacial score (nSPS) is 13.8. The number of rotatable bonds is 4. The quantitative estimate of drug-likeness (QED) is 0.796. The first-order valence-corrected chi connectivity index (χ1v) is 9.97. The van der Waals surface area contributed by atoms with Gasteiger partial charge in [0.05, 0.1) is 4.88 Å². The highest BCUT2D eigenvalue weighted by molar-refractivity contribution is 9.08. The molecule has 2 nitrogen and oxygen atoms in total. The maximum Gasteiger partial charge on any atom is 0.261 e. The predicted molar refractivity (Wildman–Crippen MR) is 94.4 cm³/mol. The summed E-state index contributed by atoms with van der Waals surface area (Å²) in [6, 6.07) is 10.3. The third-order valence-corrected chi connectivity index (χ3v) is 6.34. The van der Waals surface area contributed by atoms with E-state index >= 15 is 0 Å². The number of benzene rings is 1. The highest BCUT2D eigenvalue weighted by atomic mass is 79.9. The zero-order valence-corrected chi connectivity index (χ0v) is 14.7. The van der Waals surface area contributed by atoms with E-state index in [2.05, 4.69) is 39.4 Å². The first-order chi connectivity index (χ1) is 10.3. The molecule has 2 aromatic rings. The van der Waals surface area contributed by atoms with Gasteiger partial charge in [-0.05, 0) is 34.9 Å². The van der Waals surface area contributed by atoms with E-state index in [-0.39, 0.29) is 5.91 Å². The van der Waals surface area contributed by atoms with Crippen molar-refractivity contribution in [3.8, 4) is 0 Å². The SMILES string of the molecule is O=C(NCc1cccc(CBr)c1)c1cc2c(s1)CCSC2. The van der Waals surface area contributed by atoms with Crippen molar-refractivity contribution in [3.63, 3.8) is 0 Å². The maximum absolute atomic E-state index is 12.3. The minimum absolute atomic E-state index is 0.0450. The van der Waals surface area contributed by atoms with Crippen molar-refractivity contribution in [2.45, 2.75) is 24.0 Å². The molecule has 1 amide bonds. The number of thioether (sulfide) groups is 1. The predicted octanol–water partition coefficient (Wildman–Crippen LogP) is 4.36. The van der Waals surface area contributed by atoms with Crippen LogP contribution in [0.4, 0.5) is 0 Å². The lowest BCUT2D eigenvalue weighted by molar-refractivity contribution is 0.0955. The first-order valence-electron chi connectivity index (χ1n) is 6.87. The lowest BCUT2D eigenvalue weighted by atomic mass is 10.1. The van der Waals surface area contributed by atoms with Gasteiger partial charge in [0.15, 0.2) is 0 Å². The molecular formula is C16H16BrNOS2. The van der Waals surface area contributed by atoms with E-state index in [4.69, 9.17) is 0 Å². The minimum Gasteiger partial charge on any atom is -0.347 e. The van der Waals surface area contributed by atoms with Crippen LogP contribution in [0.15, 0.2) is 30.3 Å². The van der Waals surface area contributed by atoms with Crippen LogP contribution in [-0.2, 0) is 24.0 Å². The number of amides is 1. The Labute approximate surface area is 141 Å². The second-order valence-electron chi connectivity index (χ2n) is 5.00. The molecule has 3 rings (SSSR count). The van der Waals surface area contributed by atoms with Gasteiger partial charge >= 0.3 is 0 Å². The molecule has 1 aromatic heterocycles. The van der Waals surface area contributed by atoms with Crippen LogP contribution >= 0.6 is 39.0 Å². The number of carbonyl (C=O) groups excluding carboxylic acids is 1. The van der Waals surface area contributed by atoms with Crippen molar-refractivity contribution < 1.29 is 4.79 Å². The summed E-state index contributed by atoms with van der Waals surface area (Å²) in [4.78, 5) is 14.5. The number of thiophene rings is 1. The molecule has 5 heteroatoms. The second kappa shape index (κ2) is 6.99. The van der Waals surface area contributed by atoms with Crippen LogP contribution in [0.2, 0.25) is 0 Å². The van der Waals surface area contributed by atoms with Crippen LogP contribution in [0.25, 0.3) is 0 Å². The molecule has 2 heterocycles.